The molecule has 0 aliphatic carbocycles. The zero-order valence-corrected chi connectivity index (χ0v) is 19.0. The van der Waals surface area contributed by atoms with Crippen molar-refractivity contribution in [2.45, 2.75) is 58.0 Å². The van der Waals surface area contributed by atoms with Gasteiger partial charge in [-0.2, -0.15) is 15.0 Å². The summed E-state index contributed by atoms with van der Waals surface area (Å²) in [6.45, 7) is 5.01. The van der Waals surface area contributed by atoms with Crippen molar-refractivity contribution in [2.75, 3.05) is 6.54 Å². The van der Waals surface area contributed by atoms with Crippen molar-refractivity contribution in [3.8, 4) is 11.6 Å². The van der Waals surface area contributed by atoms with E-state index in [1.165, 1.54) is 17.2 Å². The smallest absolute Gasteiger partial charge is 0.256 e. The number of alkyl halides is 1. The average Bonchev–Trinajstić information content (AvgIpc) is 3.34. The second kappa shape index (κ2) is 9.27. The number of piperidine rings is 1. The van der Waals surface area contributed by atoms with Crippen molar-refractivity contribution in [3.63, 3.8) is 0 Å². The third kappa shape index (κ3) is 4.88. The van der Waals surface area contributed by atoms with Crippen LogP contribution in [0, 0.1) is 0 Å². The minimum Gasteiger partial charge on any atom is -0.472 e. The summed E-state index contributed by atoms with van der Waals surface area (Å²) in [7, 11) is 0. The fourth-order valence-corrected chi connectivity index (χ4v) is 4.07. The van der Waals surface area contributed by atoms with Crippen molar-refractivity contribution < 1.29 is 19.0 Å². The third-order valence-corrected chi connectivity index (χ3v) is 5.89. The Bertz CT molecular complexity index is 1110. The largest absolute Gasteiger partial charge is 0.472 e. The molecule has 4 rings (SSSR count). The van der Waals surface area contributed by atoms with Crippen LogP contribution in [0.4, 0.5) is 4.39 Å². The fraction of sp³-hybridized carbons (Fsp3) is 0.417. The molecule has 1 aliphatic rings. The highest BCUT2D eigenvalue weighted by molar-refractivity contribution is 5.98. The van der Waals surface area contributed by atoms with Crippen LogP contribution in [0.3, 0.4) is 0 Å². The maximum absolute atomic E-state index is 13.6. The Hall–Kier alpha value is -3.33. The molecular weight excluding hydrogens is 425 g/mol. The number of carbonyl (C=O) groups is 1. The first kappa shape index (κ1) is 22.8. The third-order valence-electron chi connectivity index (χ3n) is 5.89. The number of benzene rings is 1. The van der Waals surface area contributed by atoms with Crippen LogP contribution in [0.25, 0.3) is 5.69 Å². The fourth-order valence-electron chi connectivity index (χ4n) is 4.07. The minimum absolute atomic E-state index is 0.0256. The normalized spacial score (nSPS) is 18.9. The highest BCUT2D eigenvalue weighted by atomic mass is 19.1. The molecule has 0 bridgehead atoms. The number of aromatic nitrogens is 4. The van der Waals surface area contributed by atoms with Gasteiger partial charge in [-0.25, -0.2) is 9.37 Å². The van der Waals surface area contributed by atoms with Gasteiger partial charge >= 0.3 is 0 Å². The van der Waals surface area contributed by atoms with E-state index >= 15 is 0 Å². The van der Waals surface area contributed by atoms with E-state index in [1.54, 1.807) is 55.3 Å². The Kier molecular flexibility index (Phi) is 6.42. The van der Waals surface area contributed by atoms with Gasteiger partial charge in [0.05, 0.1) is 35.8 Å². The molecule has 8 nitrogen and oxygen atoms in total. The van der Waals surface area contributed by atoms with Gasteiger partial charge in [0.25, 0.3) is 5.91 Å². The SMILES string of the molecule is C[C@@H]1CC[C@@H](Oc2ncccc2C(C)(C)O)CN1C(=O)c1cc(CF)ccc1-n1nccn1. The molecular formula is C24H28FN5O3. The number of aliphatic hydroxyl groups is 1. The number of hydrogen-bond acceptors (Lipinski definition) is 6. The molecule has 1 aromatic carbocycles. The molecule has 0 saturated carbocycles. The Morgan fingerprint density at radius 1 is 1.21 bits per heavy atom. The van der Waals surface area contributed by atoms with Gasteiger partial charge < -0.3 is 14.7 Å². The molecule has 0 spiro atoms. The molecule has 174 valence electrons. The summed E-state index contributed by atoms with van der Waals surface area (Å²) < 4.78 is 19.6. The van der Waals surface area contributed by atoms with Crippen LogP contribution in [0.2, 0.25) is 0 Å². The summed E-state index contributed by atoms with van der Waals surface area (Å²) in [5.41, 5.74) is 0.717. The maximum Gasteiger partial charge on any atom is 0.256 e. The number of likely N-dealkylation sites (tertiary alicyclic amines) is 1. The van der Waals surface area contributed by atoms with E-state index in [1.807, 2.05) is 6.92 Å². The number of ether oxygens (including phenoxy) is 1. The van der Waals surface area contributed by atoms with E-state index in [2.05, 4.69) is 15.2 Å². The number of nitrogens with zero attached hydrogens (tertiary/aromatic N) is 5. The van der Waals surface area contributed by atoms with Gasteiger partial charge in [-0.1, -0.05) is 6.07 Å². The molecule has 1 aliphatic heterocycles. The van der Waals surface area contributed by atoms with Crippen LogP contribution in [-0.2, 0) is 12.3 Å². The van der Waals surface area contributed by atoms with Crippen molar-refractivity contribution in [2.24, 2.45) is 0 Å². The predicted octanol–water partition coefficient (Wildman–Crippen LogP) is 3.43. The lowest BCUT2D eigenvalue weighted by atomic mass is 9.98. The summed E-state index contributed by atoms with van der Waals surface area (Å²) in [5, 5.41) is 18.7. The molecule has 1 saturated heterocycles. The Labute approximate surface area is 192 Å². The number of pyridine rings is 1. The van der Waals surface area contributed by atoms with Crippen molar-refractivity contribution in [1.82, 2.24) is 24.9 Å². The number of carbonyl (C=O) groups excluding carboxylic acids is 1. The van der Waals surface area contributed by atoms with E-state index < -0.39 is 12.3 Å². The molecule has 9 heteroatoms. The molecule has 3 heterocycles. The molecule has 0 unspecified atom stereocenters. The first-order valence-electron chi connectivity index (χ1n) is 11.0. The van der Waals surface area contributed by atoms with Crippen molar-refractivity contribution >= 4 is 5.91 Å². The highest BCUT2D eigenvalue weighted by Crippen LogP contribution is 2.30. The van der Waals surface area contributed by atoms with Gasteiger partial charge in [0.15, 0.2) is 0 Å². The first-order valence-corrected chi connectivity index (χ1v) is 11.0. The molecule has 2 aromatic heterocycles. The molecule has 1 amide bonds. The van der Waals surface area contributed by atoms with Gasteiger partial charge in [-0.15, -0.1) is 0 Å². The van der Waals surface area contributed by atoms with Gasteiger partial charge in [0.1, 0.15) is 12.8 Å². The predicted molar refractivity (Wildman–Crippen MR) is 120 cm³/mol. The summed E-state index contributed by atoms with van der Waals surface area (Å²) in [6.07, 6.45) is 5.85. The molecule has 3 aromatic rings. The van der Waals surface area contributed by atoms with Gasteiger partial charge in [-0.3, -0.25) is 4.79 Å². The lowest BCUT2D eigenvalue weighted by molar-refractivity contribution is 0.0325. The van der Waals surface area contributed by atoms with Crippen molar-refractivity contribution in [1.29, 1.82) is 0 Å². The van der Waals surface area contributed by atoms with Gasteiger partial charge in [0.2, 0.25) is 5.88 Å². The number of halogens is 1. The topological polar surface area (TPSA) is 93.4 Å². The average molecular weight is 454 g/mol. The molecule has 33 heavy (non-hydrogen) atoms. The minimum atomic E-state index is -1.11. The molecule has 1 N–H and O–H groups in total. The van der Waals surface area contributed by atoms with Crippen LogP contribution in [0.1, 0.15) is 55.1 Å². The Balaban J connectivity index is 1.61. The van der Waals surface area contributed by atoms with E-state index in [9.17, 15) is 14.3 Å². The summed E-state index contributed by atoms with van der Waals surface area (Å²) in [4.78, 5) is 21.1. The quantitative estimate of drug-likeness (QED) is 0.615. The molecule has 1 fully saturated rings. The lowest BCUT2D eigenvalue weighted by Crippen LogP contribution is -2.49. The van der Waals surface area contributed by atoms with Crippen LogP contribution in [-0.4, -0.2) is 54.6 Å². The standard InChI is InChI=1S/C24H28FN5O3/c1-16-6-8-18(33-22-20(24(2,3)32)5-4-10-26-22)15-29(16)23(31)19-13-17(14-25)7-9-21(19)30-27-11-12-28-30/h4-5,7,9-13,16,18,32H,6,8,14-15H2,1-3H3/t16-,18-/m1/s1. The van der Waals surface area contributed by atoms with E-state index in [0.29, 0.717) is 34.8 Å². The lowest BCUT2D eigenvalue weighted by Gasteiger charge is -2.38. The maximum atomic E-state index is 13.6. The van der Waals surface area contributed by atoms with Crippen LogP contribution < -0.4 is 4.74 Å². The number of amides is 1. The Morgan fingerprint density at radius 2 is 1.97 bits per heavy atom. The Morgan fingerprint density at radius 3 is 2.67 bits per heavy atom. The summed E-state index contributed by atoms with van der Waals surface area (Å²) in [6, 6.07) is 8.35. The van der Waals surface area contributed by atoms with Gasteiger partial charge in [0, 0.05) is 17.8 Å². The monoisotopic (exact) mass is 453 g/mol. The summed E-state index contributed by atoms with van der Waals surface area (Å²) >= 11 is 0. The van der Waals surface area contributed by atoms with E-state index in [0.717, 1.165) is 12.8 Å². The van der Waals surface area contributed by atoms with E-state index in [4.69, 9.17) is 4.74 Å². The number of rotatable bonds is 6. The van der Waals surface area contributed by atoms with Crippen molar-refractivity contribution in [3.05, 3.63) is 65.6 Å². The number of hydrogen-bond donors (Lipinski definition) is 1. The first-order chi connectivity index (χ1) is 15.8. The van der Waals surface area contributed by atoms with Crippen LogP contribution in [0.15, 0.2) is 48.9 Å². The molecule has 0 radical (unpaired) electrons. The second-order valence-electron chi connectivity index (χ2n) is 8.84. The zero-order chi connectivity index (χ0) is 23.6. The van der Waals surface area contributed by atoms with Gasteiger partial charge in [-0.05, 0) is 63.4 Å². The van der Waals surface area contributed by atoms with E-state index in [-0.39, 0.29) is 18.1 Å². The zero-order valence-electron chi connectivity index (χ0n) is 19.0. The second-order valence-corrected chi connectivity index (χ2v) is 8.84. The van der Waals surface area contributed by atoms with Crippen LogP contribution >= 0.6 is 0 Å². The highest BCUT2D eigenvalue weighted by Gasteiger charge is 2.33. The molecule has 2 atom stereocenters. The summed E-state index contributed by atoms with van der Waals surface area (Å²) in [5.74, 6) is 0.125. The van der Waals surface area contributed by atoms with Crippen LogP contribution in [0.5, 0.6) is 5.88 Å².